The van der Waals surface area contributed by atoms with E-state index in [-0.39, 0.29) is 0 Å². The van der Waals surface area contributed by atoms with Gasteiger partial charge in [0.15, 0.2) is 0 Å². The molecule has 0 amide bonds. The molecular formula is C16H19N4O2+. The Hall–Kier alpha value is -2.52. The predicted octanol–water partition coefficient (Wildman–Crippen LogP) is 0.557. The van der Waals surface area contributed by atoms with Gasteiger partial charge in [-0.1, -0.05) is 0 Å². The van der Waals surface area contributed by atoms with Gasteiger partial charge in [-0.3, -0.25) is 0 Å². The molecule has 0 spiro atoms. The molecule has 114 valence electrons. The molecule has 0 bridgehead atoms. The summed E-state index contributed by atoms with van der Waals surface area (Å²) in [5, 5.41) is 9.32. The molecule has 3 rings (SSSR count). The number of oxazole rings is 1. The van der Waals surface area contributed by atoms with E-state index in [1.165, 1.54) is 4.90 Å². The van der Waals surface area contributed by atoms with Gasteiger partial charge < -0.3 is 19.0 Å². The highest BCUT2D eigenvalue weighted by Gasteiger charge is 2.24. The molecule has 0 aliphatic carbocycles. The number of likely N-dealkylation sites (N-methyl/N-ethyl adjacent to an activating group) is 1. The first-order valence-corrected chi connectivity index (χ1v) is 7.33. The lowest BCUT2D eigenvalue weighted by Gasteiger charge is -2.29. The van der Waals surface area contributed by atoms with Gasteiger partial charge in [0, 0.05) is 5.56 Å². The lowest BCUT2D eigenvalue weighted by molar-refractivity contribution is -0.880. The standard InChI is InChI=1S/C16H18N4O2/c1-19-7-9-20(10-8-19)16-14(11-17)18-15(22-16)12-3-5-13(21-2)6-4-12/h3-6H,7-10H2,1-2H3/p+1. The lowest BCUT2D eigenvalue weighted by Crippen LogP contribution is -3.12. The van der Waals surface area contributed by atoms with E-state index in [9.17, 15) is 5.26 Å². The molecule has 0 radical (unpaired) electrons. The molecule has 6 heteroatoms. The van der Waals surface area contributed by atoms with E-state index in [4.69, 9.17) is 9.15 Å². The summed E-state index contributed by atoms with van der Waals surface area (Å²) in [5.41, 5.74) is 1.19. The number of nitrogens with one attached hydrogen (secondary N) is 1. The number of quaternary nitrogens is 1. The number of aromatic nitrogens is 1. The van der Waals surface area contributed by atoms with Crippen LogP contribution in [0.3, 0.4) is 0 Å². The summed E-state index contributed by atoms with van der Waals surface area (Å²) < 4.78 is 11.0. The number of methoxy groups -OCH3 is 1. The molecule has 0 saturated carbocycles. The van der Waals surface area contributed by atoms with Gasteiger partial charge in [-0.25, -0.2) is 0 Å². The Labute approximate surface area is 129 Å². The van der Waals surface area contributed by atoms with E-state index >= 15 is 0 Å². The van der Waals surface area contributed by atoms with Crippen LogP contribution in [0.5, 0.6) is 5.75 Å². The van der Waals surface area contributed by atoms with E-state index in [0.29, 0.717) is 17.5 Å². The molecule has 1 aromatic heterocycles. The van der Waals surface area contributed by atoms with Crippen molar-refractivity contribution < 1.29 is 14.1 Å². The number of hydrogen-bond acceptors (Lipinski definition) is 5. The number of anilines is 1. The van der Waals surface area contributed by atoms with Crippen LogP contribution in [0.15, 0.2) is 28.7 Å². The van der Waals surface area contributed by atoms with Crippen LogP contribution in [-0.2, 0) is 0 Å². The predicted molar refractivity (Wildman–Crippen MR) is 82.0 cm³/mol. The highest BCUT2D eigenvalue weighted by molar-refractivity contribution is 5.60. The molecule has 22 heavy (non-hydrogen) atoms. The summed E-state index contributed by atoms with van der Waals surface area (Å²) in [5.74, 6) is 1.83. The molecule has 1 aliphatic heterocycles. The highest BCUT2D eigenvalue weighted by atomic mass is 16.5. The molecule has 1 N–H and O–H groups in total. The minimum atomic E-state index is 0.352. The number of rotatable bonds is 3. The van der Waals surface area contributed by atoms with Gasteiger partial charge in [-0.15, -0.1) is 0 Å². The van der Waals surface area contributed by atoms with Gasteiger partial charge in [0.1, 0.15) is 11.8 Å². The normalized spacial score (nSPS) is 15.6. The summed E-state index contributed by atoms with van der Waals surface area (Å²) in [6.45, 7) is 3.81. The minimum absolute atomic E-state index is 0.352. The fraction of sp³-hybridized carbons (Fsp3) is 0.375. The summed E-state index contributed by atoms with van der Waals surface area (Å²) in [4.78, 5) is 7.92. The van der Waals surface area contributed by atoms with E-state index in [1.807, 2.05) is 24.3 Å². The van der Waals surface area contributed by atoms with Crippen molar-refractivity contribution in [3.8, 4) is 23.3 Å². The molecule has 1 saturated heterocycles. The van der Waals surface area contributed by atoms with Gasteiger partial charge in [-0.05, 0) is 24.3 Å². The van der Waals surface area contributed by atoms with Crippen molar-refractivity contribution in [1.82, 2.24) is 4.98 Å². The fourth-order valence-electron chi connectivity index (χ4n) is 2.55. The average Bonchev–Trinajstić information content (AvgIpc) is 3.00. The zero-order valence-electron chi connectivity index (χ0n) is 12.8. The van der Waals surface area contributed by atoms with E-state index in [1.54, 1.807) is 7.11 Å². The van der Waals surface area contributed by atoms with E-state index < -0.39 is 0 Å². The highest BCUT2D eigenvalue weighted by Crippen LogP contribution is 2.29. The summed E-state index contributed by atoms with van der Waals surface area (Å²) in [6, 6.07) is 9.60. The quantitative estimate of drug-likeness (QED) is 0.897. The monoisotopic (exact) mass is 299 g/mol. The second kappa shape index (κ2) is 6.08. The number of ether oxygens (including phenoxy) is 1. The average molecular weight is 299 g/mol. The van der Waals surface area contributed by atoms with Crippen LogP contribution in [0, 0.1) is 11.3 Å². The number of piperazine rings is 1. The number of nitriles is 1. The number of benzene rings is 1. The maximum absolute atomic E-state index is 9.32. The molecule has 2 aromatic rings. The topological polar surface area (TPSA) is 66.7 Å². The van der Waals surface area contributed by atoms with Crippen LogP contribution in [0.1, 0.15) is 5.69 Å². The zero-order chi connectivity index (χ0) is 15.5. The van der Waals surface area contributed by atoms with Crippen LogP contribution in [0.2, 0.25) is 0 Å². The lowest BCUT2D eigenvalue weighted by atomic mass is 10.2. The van der Waals surface area contributed by atoms with Gasteiger partial charge in [0.05, 0.1) is 40.3 Å². The van der Waals surface area contributed by atoms with Crippen molar-refractivity contribution in [3.63, 3.8) is 0 Å². The van der Waals surface area contributed by atoms with Crippen molar-refractivity contribution in [1.29, 1.82) is 5.26 Å². The molecule has 2 heterocycles. The molecule has 1 aliphatic rings. The molecule has 1 aromatic carbocycles. The summed E-state index contributed by atoms with van der Waals surface area (Å²) in [7, 11) is 3.80. The Kier molecular flexibility index (Phi) is 3.98. The Morgan fingerprint density at radius 3 is 2.55 bits per heavy atom. The van der Waals surface area contributed by atoms with Crippen molar-refractivity contribution in [2.75, 3.05) is 45.2 Å². The number of nitrogens with zero attached hydrogens (tertiary/aromatic N) is 3. The Morgan fingerprint density at radius 1 is 1.27 bits per heavy atom. The van der Waals surface area contributed by atoms with Gasteiger partial charge in [0.25, 0.3) is 0 Å². The first-order chi connectivity index (χ1) is 10.7. The van der Waals surface area contributed by atoms with Gasteiger partial charge >= 0.3 is 0 Å². The second-order valence-corrected chi connectivity index (χ2v) is 5.46. The fourth-order valence-corrected chi connectivity index (χ4v) is 2.55. The largest absolute Gasteiger partial charge is 0.497 e. The van der Waals surface area contributed by atoms with Gasteiger partial charge in [0.2, 0.25) is 17.5 Å². The maximum Gasteiger partial charge on any atom is 0.235 e. The maximum atomic E-state index is 9.32. The molecule has 0 unspecified atom stereocenters. The Bertz CT molecular complexity index is 679. The van der Waals surface area contributed by atoms with Crippen LogP contribution in [-0.4, -0.2) is 45.3 Å². The van der Waals surface area contributed by atoms with E-state index in [2.05, 4.69) is 23.0 Å². The molecular weight excluding hydrogens is 280 g/mol. The first kappa shape index (κ1) is 14.4. The Balaban J connectivity index is 1.89. The summed E-state index contributed by atoms with van der Waals surface area (Å²) in [6.07, 6.45) is 0. The van der Waals surface area contributed by atoms with Crippen LogP contribution >= 0.6 is 0 Å². The van der Waals surface area contributed by atoms with Crippen LogP contribution in [0.25, 0.3) is 11.5 Å². The summed E-state index contributed by atoms with van der Waals surface area (Å²) >= 11 is 0. The molecule has 1 fully saturated rings. The molecule has 6 nitrogen and oxygen atoms in total. The second-order valence-electron chi connectivity index (χ2n) is 5.46. The van der Waals surface area contributed by atoms with Gasteiger partial charge in [-0.2, -0.15) is 10.2 Å². The zero-order valence-corrected chi connectivity index (χ0v) is 12.8. The smallest absolute Gasteiger partial charge is 0.235 e. The third-order valence-electron chi connectivity index (χ3n) is 3.96. The van der Waals surface area contributed by atoms with Crippen LogP contribution in [0.4, 0.5) is 5.88 Å². The third-order valence-corrected chi connectivity index (χ3v) is 3.96. The van der Waals surface area contributed by atoms with Crippen molar-refractivity contribution in [3.05, 3.63) is 30.0 Å². The van der Waals surface area contributed by atoms with Crippen molar-refractivity contribution in [2.24, 2.45) is 0 Å². The van der Waals surface area contributed by atoms with Crippen molar-refractivity contribution >= 4 is 5.88 Å². The SMILES string of the molecule is COc1ccc(-c2nc(C#N)c(N3CC[NH+](C)CC3)o2)cc1. The van der Waals surface area contributed by atoms with Crippen LogP contribution < -0.4 is 14.5 Å². The first-order valence-electron chi connectivity index (χ1n) is 7.33. The van der Waals surface area contributed by atoms with E-state index in [0.717, 1.165) is 37.5 Å². The molecule has 0 atom stereocenters. The Morgan fingerprint density at radius 2 is 1.95 bits per heavy atom. The van der Waals surface area contributed by atoms with Crippen molar-refractivity contribution in [2.45, 2.75) is 0 Å². The third kappa shape index (κ3) is 2.76. The minimum Gasteiger partial charge on any atom is -0.497 e. The number of hydrogen-bond donors (Lipinski definition) is 1.